The standard InChI is InChI=1S/C15H23N5O5/c1-2-24-25-8-7-23-14-18-12(16)11-13(19-14)20(15(21)17-11)9-10-3-5-22-6-4-10/h10H,2-9H2,1H3,(H,17,21)(H2,16,18,19). The van der Waals surface area contributed by atoms with E-state index in [1.54, 1.807) is 4.57 Å². The van der Waals surface area contributed by atoms with Gasteiger partial charge in [0.05, 0.1) is 6.61 Å². The van der Waals surface area contributed by atoms with Gasteiger partial charge in [-0.15, -0.1) is 0 Å². The summed E-state index contributed by atoms with van der Waals surface area (Å²) in [5, 5.41) is 0. The molecular weight excluding hydrogens is 330 g/mol. The summed E-state index contributed by atoms with van der Waals surface area (Å²) in [7, 11) is 0. The van der Waals surface area contributed by atoms with Crippen LogP contribution in [-0.2, 0) is 21.1 Å². The van der Waals surface area contributed by atoms with E-state index < -0.39 is 0 Å². The van der Waals surface area contributed by atoms with Gasteiger partial charge >= 0.3 is 11.7 Å². The number of aromatic nitrogens is 4. The molecule has 3 rings (SSSR count). The molecule has 1 aliphatic heterocycles. The van der Waals surface area contributed by atoms with Crippen LogP contribution in [0.5, 0.6) is 6.01 Å². The molecule has 10 heteroatoms. The topological polar surface area (TPSA) is 127 Å². The minimum Gasteiger partial charge on any atom is -0.461 e. The molecular formula is C15H23N5O5. The molecule has 0 amide bonds. The van der Waals surface area contributed by atoms with E-state index in [1.807, 2.05) is 6.92 Å². The Morgan fingerprint density at radius 1 is 1.28 bits per heavy atom. The van der Waals surface area contributed by atoms with Crippen molar-refractivity contribution in [2.45, 2.75) is 26.3 Å². The SMILES string of the molecule is CCOOCCOc1nc(N)c2[nH]c(=O)n(CC3CCOCC3)c2n1. The molecule has 0 atom stereocenters. The van der Waals surface area contributed by atoms with E-state index in [0.29, 0.717) is 43.4 Å². The summed E-state index contributed by atoms with van der Waals surface area (Å²) >= 11 is 0. The van der Waals surface area contributed by atoms with Crippen LogP contribution in [0.4, 0.5) is 5.82 Å². The molecule has 25 heavy (non-hydrogen) atoms. The molecule has 2 aromatic rings. The molecule has 0 unspecified atom stereocenters. The number of aromatic amines is 1. The van der Waals surface area contributed by atoms with Gasteiger partial charge in [-0.1, -0.05) is 0 Å². The maximum absolute atomic E-state index is 12.3. The van der Waals surface area contributed by atoms with Crippen LogP contribution in [0.1, 0.15) is 19.8 Å². The van der Waals surface area contributed by atoms with Crippen molar-refractivity contribution in [1.29, 1.82) is 0 Å². The number of rotatable bonds is 8. The smallest absolute Gasteiger partial charge is 0.327 e. The van der Waals surface area contributed by atoms with E-state index in [1.165, 1.54) is 0 Å². The summed E-state index contributed by atoms with van der Waals surface area (Å²) in [6, 6.07) is 0.102. The molecule has 0 radical (unpaired) electrons. The Morgan fingerprint density at radius 3 is 2.84 bits per heavy atom. The van der Waals surface area contributed by atoms with Crippen molar-refractivity contribution in [3.05, 3.63) is 10.5 Å². The fourth-order valence-electron chi connectivity index (χ4n) is 2.76. The highest BCUT2D eigenvalue weighted by atomic mass is 17.2. The van der Waals surface area contributed by atoms with Gasteiger partial charge in [0, 0.05) is 19.8 Å². The molecule has 0 saturated carbocycles. The summed E-state index contributed by atoms with van der Waals surface area (Å²) in [4.78, 5) is 33.0. The van der Waals surface area contributed by atoms with E-state index in [4.69, 9.17) is 25.0 Å². The van der Waals surface area contributed by atoms with Gasteiger partial charge in [0.25, 0.3) is 0 Å². The minimum absolute atomic E-state index is 0.102. The molecule has 0 bridgehead atoms. The highest BCUT2D eigenvalue weighted by Crippen LogP contribution is 2.21. The van der Waals surface area contributed by atoms with E-state index in [2.05, 4.69) is 15.0 Å². The average molecular weight is 353 g/mol. The normalized spacial score (nSPS) is 15.7. The Hall–Kier alpha value is -2.17. The first-order valence-corrected chi connectivity index (χ1v) is 8.40. The quantitative estimate of drug-likeness (QED) is 0.398. The molecule has 2 aromatic heterocycles. The molecule has 1 fully saturated rings. The van der Waals surface area contributed by atoms with Crippen LogP contribution in [0.2, 0.25) is 0 Å². The lowest BCUT2D eigenvalue weighted by Crippen LogP contribution is -2.26. The van der Waals surface area contributed by atoms with Crippen molar-refractivity contribution in [2.75, 3.05) is 38.8 Å². The van der Waals surface area contributed by atoms with Crippen LogP contribution in [0.15, 0.2) is 4.79 Å². The predicted octanol–water partition coefficient (Wildman–Crippen LogP) is 0.475. The zero-order valence-electron chi connectivity index (χ0n) is 14.2. The van der Waals surface area contributed by atoms with Crippen molar-refractivity contribution in [3.8, 4) is 6.01 Å². The van der Waals surface area contributed by atoms with Crippen LogP contribution in [0, 0.1) is 5.92 Å². The lowest BCUT2D eigenvalue weighted by molar-refractivity contribution is -0.293. The number of imidazole rings is 1. The van der Waals surface area contributed by atoms with Gasteiger partial charge in [-0.2, -0.15) is 9.97 Å². The first kappa shape index (κ1) is 17.6. The lowest BCUT2D eigenvalue weighted by Gasteiger charge is -2.22. The monoisotopic (exact) mass is 353 g/mol. The highest BCUT2D eigenvalue weighted by Gasteiger charge is 2.20. The number of ether oxygens (including phenoxy) is 2. The molecule has 1 saturated heterocycles. The Bertz CT molecular complexity index is 753. The first-order chi connectivity index (χ1) is 12.2. The number of anilines is 1. The number of hydrogen-bond acceptors (Lipinski definition) is 8. The first-order valence-electron chi connectivity index (χ1n) is 8.40. The Kier molecular flexibility index (Phi) is 5.84. The fourth-order valence-corrected chi connectivity index (χ4v) is 2.76. The average Bonchev–Trinajstić information content (AvgIpc) is 2.92. The summed E-state index contributed by atoms with van der Waals surface area (Å²) in [5.41, 5.74) is 6.56. The maximum atomic E-state index is 12.3. The van der Waals surface area contributed by atoms with E-state index in [0.717, 1.165) is 12.8 Å². The van der Waals surface area contributed by atoms with Crippen LogP contribution in [0.3, 0.4) is 0 Å². The third kappa shape index (κ3) is 4.27. The molecule has 3 heterocycles. The number of nitrogens with zero attached hydrogens (tertiary/aromatic N) is 3. The van der Waals surface area contributed by atoms with Gasteiger partial charge in [0.1, 0.15) is 18.7 Å². The third-order valence-electron chi connectivity index (χ3n) is 4.01. The van der Waals surface area contributed by atoms with Gasteiger partial charge in [0.15, 0.2) is 11.5 Å². The van der Waals surface area contributed by atoms with E-state index in [9.17, 15) is 4.79 Å². The van der Waals surface area contributed by atoms with Crippen LogP contribution in [0.25, 0.3) is 11.2 Å². The Balaban J connectivity index is 1.77. The molecule has 138 valence electrons. The molecule has 1 aliphatic rings. The summed E-state index contributed by atoms with van der Waals surface area (Å²) in [6.45, 7) is 4.71. The van der Waals surface area contributed by atoms with Gasteiger partial charge in [0.2, 0.25) is 0 Å². The number of fused-ring (bicyclic) bond motifs is 1. The largest absolute Gasteiger partial charge is 0.461 e. The maximum Gasteiger partial charge on any atom is 0.327 e. The van der Waals surface area contributed by atoms with Crippen molar-refractivity contribution in [3.63, 3.8) is 0 Å². The predicted molar refractivity (Wildman–Crippen MR) is 89.2 cm³/mol. The Morgan fingerprint density at radius 2 is 2.08 bits per heavy atom. The number of H-pyrrole nitrogens is 1. The molecule has 0 aliphatic carbocycles. The number of nitrogen functional groups attached to an aromatic ring is 1. The van der Waals surface area contributed by atoms with Gasteiger partial charge < -0.3 is 20.2 Å². The number of hydrogen-bond donors (Lipinski definition) is 2. The van der Waals surface area contributed by atoms with Gasteiger partial charge in [-0.05, 0) is 25.7 Å². The fraction of sp³-hybridized carbons (Fsp3) is 0.667. The molecule has 0 spiro atoms. The van der Waals surface area contributed by atoms with Crippen molar-refractivity contribution in [1.82, 2.24) is 19.5 Å². The lowest BCUT2D eigenvalue weighted by atomic mass is 10.0. The van der Waals surface area contributed by atoms with Gasteiger partial charge in [-0.25, -0.2) is 14.6 Å². The molecule has 3 N–H and O–H groups in total. The van der Waals surface area contributed by atoms with E-state index >= 15 is 0 Å². The molecule has 10 nitrogen and oxygen atoms in total. The van der Waals surface area contributed by atoms with Crippen molar-refractivity contribution in [2.24, 2.45) is 5.92 Å². The second kappa shape index (κ2) is 8.28. The van der Waals surface area contributed by atoms with Crippen LogP contribution in [-0.4, -0.2) is 52.6 Å². The second-order valence-electron chi connectivity index (χ2n) is 5.76. The van der Waals surface area contributed by atoms with Crippen molar-refractivity contribution < 1.29 is 19.2 Å². The zero-order valence-corrected chi connectivity index (χ0v) is 14.2. The van der Waals surface area contributed by atoms with Crippen LogP contribution < -0.4 is 16.2 Å². The highest BCUT2D eigenvalue weighted by molar-refractivity contribution is 5.81. The number of nitrogens with one attached hydrogen (secondary N) is 1. The second-order valence-corrected chi connectivity index (χ2v) is 5.76. The Labute approximate surface area is 144 Å². The summed E-state index contributed by atoms with van der Waals surface area (Å²) in [6.07, 6.45) is 1.83. The van der Waals surface area contributed by atoms with Gasteiger partial charge in [-0.3, -0.25) is 4.57 Å². The zero-order chi connectivity index (χ0) is 17.6. The minimum atomic E-state index is -0.251. The van der Waals surface area contributed by atoms with Crippen molar-refractivity contribution >= 4 is 17.0 Å². The van der Waals surface area contributed by atoms with Crippen LogP contribution >= 0.6 is 0 Å². The third-order valence-corrected chi connectivity index (χ3v) is 4.01. The van der Waals surface area contributed by atoms with E-state index in [-0.39, 0.29) is 30.7 Å². The molecule has 0 aromatic carbocycles. The summed E-state index contributed by atoms with van der Waals surface area (Å²) in [5.74, 6) is 0.541. The number of nitrogens with two attached hydrogens (primary N) is 1. The summed E-state index contributed by atoms with van der Waals surface area (Å²) < 4.78 is 12.4.